The molecule has 0 atom stereocenters. The first-order valence-corrected chi connectivity index (χ1v) is 14.3. The Balaban J connectivity index is 1.37. The molecule has 4 aromatic rings. The van der Waals surface area contributed by atoms with Crippen LogP contribution in [0.1, 0.15) is 22.5 Å². The number of aryl methyl sites for hydroxylation is 1. The Morgan fingerprint density at radius 1 is 1.10 bits per heavy atom. The maximum Gasteiger partial charge on any atom is 0.267 e. The predicted octanol–water partition coefficient (Wildman–Crippen LogP) is 7.01. The van der Waals surface area contributed by atoms with Crippen LogP contribution in [0.5, 0.6) is 5.75 Å². The first kappa shape index (κ1) is 29.0. The van der Waals surface area contributed by atoms with Crippen LogP contribution < -0.4 is 10.1 Å². The molecule has 1 fully saturated rings. The number of hydrogen-bond acceptors (Lipinski definition) is 7. The fourth-order valence-corrected chi connectivity index (χ4v) is 5.19. The highest BCUT2D eigenvalue weighted by Gasteiger charge is 2.34. The van der Waals surface area contributed by atoms with Crippen molar-refractivity contribution in [3.63, 3.8) is 0 Å². The Bertz CT molecular complexity index is 1690. The molecule has 1 aliphatic rings. The first-order chi connectivity index (χ1) is 20.4. The molecule has 212 valence electrons. The highest BCUT2D eigenvalue weighted by atomic mass is 79.9. The van der Waals surface area contributed by atoms with Gasteiger partial charge in [0.25, 0.3) is 11.8 Å². The summed E-state index contributed by atoms with van der Waals surface area (Å²) in [6.45, 7) is 1.87. The Morgan fingerprint density at radius 2 is 1.90 bits per heavy atom. The molecule has 1 aliphatic heterocycles. The molecule has 42 heavy (non-hydrogen) atoms. The van der Waals surface area contributed by atoms with Gasteiger partial charge in [0.15, 0.2) is 11.8 Å². The smallest absolute Gasteiger partial charge is 0.267 e. The van der Waals surface area contributed by atoms with Crippen LogP contribution in [0.4, 0.5) is 10.1 Å². The van der Waals surface area contributed by atoms with Crippen molar-refractivity contribution in [2.75, 3.05) is 11.9 Å². The summed E-state index contributed by atoms with van der Waals surface area (Å²) in [5.41, 5.74) is 2.61. The third kappa shape index (κ3) is 7.42. The number of amidine groups is 1. The minimum atomic E-state index is -0.431. The quantitative estimate of drug-likeness (QED) is 0.120. The molecule has 0 unspecified atom stereocenters. The van der Waals surface area contributed by atoms with Crippen molar-refractivity contribution in [3.05, 3.63) is 123 Å². The van der Waals surface area contributed by atoms with E-state index in [1.54, 1.807) is 54.6 Å². The molecule has 11 heteroatoms. The Hall–Kier alpha value is -4.48. The lowest BCUT2D eigenvalue weighted by Crippen LogP contribution is -2.28. The summed E-state index contributed by atoms with van der Waals surface area (Å²) in [5.74, 6) is -0.0992. The maximum atomic E-state index is 14.0. The van der Waals surface area contributed by atoms with Crippen LogP contribution in [0, 0.1) is 12.7 Å². The number of hydrogen-bond donors (Lipinski definition) is 1. The standard InChI is InChI=1S/C31H24BrFN4O4S/c1-20-8-11-24(12-9-20)35-29(38)19-41-27-13-10-23(32)15-22(27)16-28-30(39)37(18-25-6-4-14-40-25)31(42-28)36-34-17-21-5-2-3-7-26(21)33/h2-17H,18-19H2,1H3,(H,35,38)/b28-16-,34-17+,36-31-. The molecule has 0 bridgehead atoms. The molecule has 1 N–H and O–H groups in total. The third-order valence-electron chi connectivity index (χ3n) is 5.98. The van der Waals surface area contributed by atoms with E-state index in [2.05, 4.69) is 31.4 Å². The van der Waals surface area contributed by atoms with Gasteiger partial charge in [-0.3, -0.25) is 14.5 Å². The Labute approximate surface area is 254 Å². The molecule has 2 amide bonds. The maximum absolute atomic E-state index is 14.0. The minimum Gasteiger partial charge on any atom is -0.483 e. The molecule has 5 rings (SSSR count). The number of nitrogens with one attached hydrogen (secondary N) is 1. The van der Waals surface area contributed by atoms with Crippen molar-refractivity contribution in [2.24, 2.45) is 10.2 Å². The van der Waals surface area contributed by atoms with Crippen molar-refractivity contribution in [1.29, 1.82) is 0 Å². The zero-order chi connectivity index (χ0) is 29.5. The van der Waals surface area contributed by atoms with Crippen LogP contribution in [0.15, 0.2) is 109 Å². The number of halogens is 2. The van der Waals surface area contributed by atoms with E-state index in [0.29, 0.717) is 32.8 Å². The van der Waals surface area contributed by atoms with Gasteiger partial charge in [-0.05, 0) is 73.3 Å². The Morgan fingerprint density at radius 3 is 2.67 bits per heavy atom. The van der Waals surface area contributed by atoms with Gasteiger partial charge in [0.05, 0.1) is 23.9 Å². The topological polar surface area (TPSA) is 96.5 Å². The number of benzene rings is 3. The number of rotatable bonds is 9. The summed E-state index contributed by atoms with van der Waals surface area (Å²) in [5, 5.41) is 11.4. The molecule has 1 saturated heterocycles. The van der Waals surface area contributed by atoms with E-state index in [1.165, 1.54) is 23.4 Å². The van der Waals surface area contributed by atoms with Gasteiger partial charge in [0.1, 0.15) is 17.3 Å². The van der Waals surface area contributed by atoms with E-state index >= 15 is 0 Å². The largest absolute Gasteiger partial charge is 0.483 e. The molecule has 0 saturated carbocycles. The van der Waals surface area contributed by atoms with Gasteiger partial charge in [-0.1, -0.05) is 51.8 Å². The number of ether oxygens (including phenoxy) is 1. The number of anilines is 1. The van der Waals surface area contributed by atoms with Crippen molar-refractivity contribution in [2.45, 2.75) is 13.5 Å². The highest BCUT2D eigenvalue weighted by molar-refractivity contribution is 9.10. The number of carbonyl (C=O) groups is 2. The van der Waals surface area contributed by atoms with E-state index in [1.807, 2.05) is 31.2 Å². The number of carbonyl (C=O) groups excluding carboxylic acids is 2. The van der Waals surface area contributed by atoms with Gasteiger partial charge in [0.2, 0.25) is 0 Å². The van der Waals surface area contributed by atoms with E-state index in [9.17, 15) is 14.0 Å². The van der Waals surface area contributed by atoms with Crippen LogP contribution >= 0.6 is 27.7 Å². The van der Waals surface area contributed by atoms with Crippen LogP contribution in [-0.4, -0.2) is 34.7 Å². The third-order valence-corrected chi connectivity index (χ3v) is 7.47. The second-order valence-electron chi connectivity index (χ2n) is 9.11. The van der Waals surface area contributed by atoms with Crippen molar-refractivity contribution in [3.8, 4) is 5.75 Å². The van der Waals surface area contributed by atoms with Gasteiger partial charge in [-0.25, -0.2) is 4.39 Å². The lowest BCUT2D eigenvalue weighted by atomic mass is 10.2. The second kappa shape index (κ2) is 13.5. The number of furan rings is 1. The van der Waals surface area contributed by atoms with Crippen molar-refractivity contribution >= 4 is 62.7 Å². The Kier molecular flexibility index (Phi) is 9.30. The lowest BCUT2D eigenvalue weighted by molar-refractivity contribution is -0.122. The highest BCUT2D eigenvalue weighted by Crippen LogP contribution is 2.36. The molecular formula is C31H24BrFN4O4S. The van der Waals surface area contributed by atoms with Crippen LogP contribution in [0.25, 0.3) is 6.08 Å². The fraction of sp³-hybridized carbons (Fsp3) is 0.0968. The molecular weight excluding hydrogens is 623 g/mol. The molecule has 0 radical (unpaired) electrons. The zero-order valence-electron chi connectivity index (χ0n) is 22.3. The molecule has 0 aliphatic carbocycles. The van der Waals surface area contributed by atoms with Gasteiger partial charge in [-0.15, -0.1) is 5.10 Å². The lowest BCUT2D eigenvalue weighted by Gasteiger charge is -2.13. The van der Waals surface area contributed by atoms with Crippen LogP contribution in [0.3, 0.4) is 0 Å². The van der Waals surface area contributed by atoms with Crippen molar-refractivity contribution < 1.29 is 23.1 Å². The van der Waals surface area contributed by atoms with E-state index in [0.717, 1.165) is 21.8 Å². The summed E-state index contributed by atoms with van der Waals surface area (Å²) in [4.78, 5) is 27.8. The second-order valence-corrected chi connectivity index (χ2v) is 11.0. The number of thioether (sulfide) groups is 1. The molecule has 8 nitrogen and oxygen atoms in total. The predicted molar refractivity (Wildman–Crippen MR) is 166 cm³/mol. The summed E-state index contributed by atoms with van der Waals surface area (Å²) >= 11 is 4.58. The van der Waals surface area contributed by atoms with Crippen LogP contribution in [0.2, 0.25) is 0 Å². The van der Waals surface area contributed by atoms with Crippen molar-refractivity contribution in [1.82, 2.24) is 4.90 Å². The zero-order valence-corrected chi connectivity index (χ0v) is 24.7. The van der Waals surface area contributed by atoms with Gasteiger partial charge < -0.3 is 14.5 Å². The number of nitrogens with zero attached hydrogens (tertiary/aromatic N) is 3. The molecule has 1 aromatic heterocycles. The number of amides is 2. The van der Waals surface area contributed by atoms with E-state index < -0.39 is 5.82 Å². The van der Waals surface area contributed by atoms with Gasteiger partial charge >= 0.3 is 0 Å². The van der Waals surface area contributed by atoms with E-state index in [-0.39, 0.29) is 30.5 Å². The van der Waals surface area contributed by atoms with Crippen LogP contribution in [-0.2, 0) is 16.1 Å². The first-order valence-electron chi connectivity index (χ1n) is 12.7. The summed E-state index contributed by atoms with van der Waals surface area (Å²) in [6, 6.07) is 22.4. The average molecular weight is 648 g/mol. The average Bonchev–Trinajstić information content (AvgIpc) is 3.59. The minimum absolute atomic E-state index is 0.130. The molecule has 0 spiro atoms. The SMILES string of the molecule is Cc1ccc(NC(=O)COc2ccc(Br)cc2/C=C2\S/C(=N\N=C\c3ccccc3F)N(Cc3ccco3)C2=O)cc1. The molecule has 3 aromatic carbocycles. The van der Waals surface area contributed by atoms with Gasteiger partial charge in [-0.2, -0.15) is 5.10 Å². The summed E-state index contributed by atoms with van der Waals surface area (Å²) in [6.07, 6.45) is 4.48. The summed E-state index contributed by atoms with van der Waals surface area (Å²) < 4.78 is 26.1. The van der Waals surface area contributed by atoms with Gasteiger partial charge in [0, 0.05) is 21.3 Å². The summed E-state index contributed by atoms with van der Waals surface area (Å²) in [7, 11) is 0. The normalized spacial score (nSPS) is 15.2. The molecule has 2 heterocycles. The van der Waals surface area contributed by atoms with E-state index in [4.69, 9.17) is 9.15 Å². The monoisotopic (exact) mass is 646 g/mol. The fourth-order valence-electron chi connectivity index (χ4n) is 3.88.